The summed E-state index contributed by atoms with van der Waals surface area (Å²) in [6, 6.07) is 7.50. The monoisotopic (exact) mass is 348 g/mol. The van der Waals surface area contributed by atoms with Gasteiger partial charge in [-0.3, -0.25) is 14.6 Å². The molecule has 0 atom stereocenters. The lowest BCUT2D eigenvalue weighted by Gasteiger charge is -2.28. The number of carbonyl (C=O) groups excluding carboxylic acids is 1. The van der Waals surface area contributed by atoms with Crippen LogP contribution in [-0.4, -0.2) is 32.1 Å². The molecule has 0 saturated carbocycles. The summed E-state index contributed by atoms with van der Waals surface area (Å²) in [5, 5.41) is 5.31. The third-order valence-electron chi connectivity index (χ3n) is 4.96. The number of aromatic nitrogens is 3. The molecule has 3 aromatic rings. The van der Waals surface area contributed by atoms with E-state index in [1.807, 2.05) is 26.0 Å². The summed E-state index contributed by atoms with van der Waals surface area (Å²) in [6.45, 7) is 4.99. The molecule has 1 aromatic carbocycles. The second-order valence-corrected chi connectivity index (χ2v) is 6.89. The first-order valence-electron chi connectivity index (χ1n) is 8.65. The number of pyridine rings is 1. The molecule has 0 saturated heterocycles. The molecule has 0 N–H and O–H groups in total. The Morgan fingerprint density at radius 1 is 1.19 bits per heavy atom. The molecule has 6 heteroatoms. The molecule has 4 rings (SSSR count). The van der Waals surface area contributed by atoms with Crippen molar-refractivity contribution in [3.63, 3.8) is 0 Å². The summed E-state index contributed by atoms with van der Waals surface area (Å²) in [6.07, 6.45) is 2.38. The number of benzene rings is 1. The van der Waals surface area contributed by atoms with E-state index in [-0.39, 0.29) is 11.5 Å². The van der Waals surface area contributed by atoms with E-state index in [0.717, 1.165) is 33.3 Å². The molecule has 0 fully saturated rings. The van der Waals surface area contributed by atoms with Gasteiger partial charge >= 0.3 is 0 Å². The van der Waals surface area contributed by atoms with Crippen molar-refractivity contribution < 1.29 is 4.79 Å². The molecule has 6 nitrogen and oxygen atoms in total. The Labute approximate surface area is 151 Å². The molecule has 1 aliphatic rings. The van der Waals surface area contributed by atoms with Crippen LogP contribution >= 0.6 is 0 Å². The van der Waals surface area contributed by atoms with Gasteiger partial charge in [0.05, 0.1) is 16.8 Å². The second-order valence-electron chi connectivity index (χ2n) is 6.89. The Morgan fingerprint density at radius 2 is 2.00 bits per heavy atom. The van der Waals surface area contributed by atoms with Gasteiger partial charge in [0.25, 0.3) is 11.5 Å². The molecule has 1 amide bonds. The SMILES string of the molecule is Cc1cc(C(=O)N2CCc3nn(C)c(=O)cc3C2)c2nccc(C)c2c1. The van der Waals surface area contributed by atoms with Gasteiger partial charge in [-0.05, 0) is 43.2 Å². The highest BCUT2D eigenvalue weighted by Crippen LogP contribution is 2.25. The van der Waals surface area contributed by atoms with Crippen molar-refractivity contribution in [1.82, 2.24) is 19.7 Å². The number of hydrogen-bond donors (Lipinski definition) is 0. The van der Waals surface area contributed by atoms with Crippen LogP contribution in [-0.2, 0) is 20.0 Å². The Kier molecular flexibility index (Phi) is 3.83. The third-order valence-corrected chi connectivity index (χ3v) is 4.96. The standard InChI is InChI=1S/C20H20N4O2/c1-12-8-15-13(2)4-6-21-19(15)16(9-12)20(26)24-7-5-17-14(11-24)10-18(25)23(3)22-17/h4,6,8-10H,5,7,11H2,1-3H3. The van der Waals surface area contributed by atoms with Gasteiger partial charge in [0, 0.05) is 49.8 Å². The van der Waals surface area contributed by atoms with Gasteiger partial charge in [0.1, 0.15) is 0 Å². The molecule has 0 radical (unpaired) electrons. The molecule has 26 heavy (non-hydrogen) atoms. The average Bonchev–Trinajstić information content (AvgIpc) is 2.62. The number of rotatable bonds is 1. The Hall–Kier alpha value is -3.02. The normalized spacial score (nSPS) is 13.7. The molecule has 0 bridgehead atoms. The maximum absolute atomic E-state index is 13.2. The maximum atomic E-state index is 13.2. The van der Waals surface area contributed by atoms with Crippen LogP contribution in [0.15, 0.2) is 35.3 Å². The van der Waals surface area contributed by atoms with E-state index in [1.54, 1.807) is 24.2 Å². The zero-order valence-corrected chi connectivity index (χ0v) is 15.1. The van der Waals surface area contributed by atoms with Crippen LogP contribution in [0.25, 0.3) is 10.9 Å². The van der Waals surface area contributed by atoms with Gasteiger partial charge in [-0.1, -0.05) is 0 Å². The smallest absolute Gasteiger partial charge is 0.266 e. The van der Waals surface area contributed by atoms with Crippen LogP contribution in [0.2, 0.25) is 0 Å². The largest absolute Gasteiger partial charge is 0.334 e. The minimum absolute atomic E-state index is 0.0527. The summed E-state index contributed by atoms with van der Waals surface area (Å²) >= 11 is 0. The second kappa shape index (κ2) is 6.05. The lowest BCUT2D eigenvalue weighted by Crippen LogP contribution is -2.38. The van der Waals surface area contributed by atoms with E-state index in [4.69, 9.17) is 0 Å². The molecule has 2 aromatic heterocycles. The predicted molar refractivity (Wildman–Crippen MR) is 99.1 cm³/mol. The fourth-order valence-electron chi connectivity index (χ4n) is 3.53. The fourth-order valence-corrected chi connectivity index (χ4v) is 3.53. The van der Waals surface area contributed by atoms with Gasteiger partial charge in [0.15, 0.2) is 0 Å². The molecular weight excluding hydrogens is 328 g/mol. The van der Waals surface area contributed by atoms with Crippen molar-refractivity contribution >= 4 is 16.8 Å². The summed E-state index contributed by atoms with van der Waals surface area (Å²) < 4.78 is 1.34. The van der Waals surface area contributed by atoms with Gasteiger partial charge in [-0.25, -0.2) is 4.68 Å². The third kappa shape index (κ3) is 2.67. The van der Waals surface area contributed by atoms with Crippen molar-refractivity contribution in [2.45, 2.75) is 26.8 Å². The topological polar surface area (TPSA) is 68.1 Å². The summed E-state index contributed by atoms with van der Waals surface area (Å²) in [4.78, 5) is 31.3. The van der Waals surface area contributed by atoms with Crippen LogP contribution in [0.1, 0.15) is 32.7 Å². The number of nitrogens with zero attached hydrogens (tertiary/aromatic N) is 4. The van der Waals surface area contributed by atoms with E-state index in [9.17, 15) is 9.59 Å². The van der Waals surface area contributed by atoms with Gasteiger partial charge in [0.2, 0.25) is 0 Å². The highest BCUT2D eigenvalue weighted by Gasteiger charge is 2.25. The number of aryl methyl sites for hydroxylation is 3. The minimum Gasteiger partial charge on any atom is -0.334 e. The van der Waals surface area contributed by atoms with Crippen molar-refractivity contribution in [2.75, 3.05) is 6.54 Å². The zero-order valence-electron chi connectivity index (χ0n) is 15.1. The molecule has 0 unspecified atom stereocenters. The summed E-state index contributed by atoms with van der Waals surface area (Å²) in [7, 11) is 1.65. The van der Waals surface area contributed by atoms with Crippen molar-refractivity contribution in [2.24, 2.45) is 7.05 Å². The summed E-state index contributed by atoms with van der Waals surface area (Å²) in [5.41, 5.74) is 5.04. The van der Waals surface area contributed by atoms with E-state index in [0.29, 0.717) is 25.1 Å². The van der Waals surface area contributed by atoms with E-state index < -0.39 is 0 Å². The first-order valence-corrected chi connectivity index (χ1v) is 8.65. The Balaban J connectivity index is 1.75. The van der Waals surface area contributed by atoms with Gasteiger partial charge in [-0.15, -0.1) is 0 Å². The van der Waals surface area contributed by atoms with Gasteiger partial charge < -0.3 is 4.90 Å². The van der Waals surface area contributed by atoms with Crippen LogP contribution in [0.5, 0.6) is 0 Å². The number of carbonyl (C=O) groups is 1. The predicted octanol–water partition coefficient (Wildman–Crippen LogP) is 2.14. The first kappa shape index (κ1) is 16.4. The lowest BCUT2D eigenvalue weighted by molar-refractivity contribution is 0.0734. The highest BCUT2D eigenvalue weighted by molar-refractivity contribution is 6.06. The van der Waals surface area contributed by atoms with E-state index in [2.05, 4.69) is 16.1 Å². The lowest BCUT2D eigenvalue weighted by atomic mass is 10.00. The van der Waals surface area contributed by atoms with Crippen molar-refractivity contribution in [3.8, 4) is 0 Å². The minimum atomic E-state index is -0.156. The van der Waals surface area contributed by atoms with Crippen LogP contribution < -0.4 is 5.56 Å². The van der Waals surface area contributed by atoms with Crippen molar-refractivity contribution in [1.29, 1.82) is 0 Å². The molecule has 132 valence electrons. The Bertz CT molecular complexity index is 1100. The maximum Gasteiger partial charge on any atom is 0.266 e. The zero-order chi connectivity index (χ0) is 18.4. The fraction of sp³-hybridized carbons (Fsp3) is 0.300. The first-order chi connectivity index (χ1) is 12.4. The van der Waals surface area contributed by atoms with E-state index in [1.165, 1.54) is 4.68 Å². The molecule has 3 heterocycles. The molecule has 0 spiro atoms. The quantitative estimate of drug-likeness (QED) is 0.676. The van der Waals surface area contributed by atoms with Crippen LogP contribution in [0.4, 0.5) is 0 Å². The van der Waals surface area contributed by atoms with Gasteiger partial charge in [-0.2, -0.15) is 5.10 Å². The average molecular weight is 348 g/mol. The summed E-state index contributed by atoms with van der Waals surface area (Å²) in [5.74, 6) is -0.0527. The molecule has 0 aliphatic carbocycles. The molecule has 1 aliphatic heterocycles. The number of amides is 1. The van der Waals surface area contributed by atoms with E-state index >= 15 is 0 Å². The number of fused-ring (bicyclic) bond motifs is 2. The Morgan fingerprint density at radius 3 is 2.81 bits per heavy atom. The van der Waals surface area contributed by atoms with Crippen molar-refractivity contribution in [3.05, 3.63) is 68.8 Å². The number of hydrogen-bond acceptors (Lipinski definition) is 4. The van der Waals surface area contributed by atoms with Crippen LogP contribution in [0, 0.1) is 13.8 Å². The highest BCUT2D eigenvalue weighted by atomic mass is 16.2. The molecular formula is C20H20N4O2. The van der Waals surface area contributed by atoms with Crippen LogP contribution in [0.3, 0.4) is 0 Å².